The van der Waals surface area contributed by atoms with Gasteiger partial charge >= 0.3 is 5.97 Å². The smallest absolute Gasteiger partial charge is 0.367 e. The lowest BCUT2D eigenvalue weighted by atomic mass is 10.1. The van der Waals surface area contributed by atoms with E-state index in [1.807, 2.05) is 0 Å². The highest BCUT2D eigenvalue weighted by Gasteiger charge is 2.41. The third kappa shape index (κ3) is 1.64. The molecule has 0 aromatic heterocycles. The lowest BCUT2D eigenvalue weighted by molar-refractivity contribution is -0.241. The van der Waals surface area contributed by atoms with Crippen molar-refractivity contribution < 1.29 is 30.3 Å². The third-order valence-corrected chi connectivity index (χ3v) is 0.952. The molecule has 0 bridgehead atoms. The molecule has 0 fully saturated rings. The summed E-state index contributed by atoms with van der Waals surface area (Å²) in [6.45, 7) is -1.03. The summed E-state index contributed by atoms with van der Waals surface area (Å²) >= 11 is 0. The highest BCUT2D eigenvalue weighted by atomic mass is 16.6. The summed E-state index contributed by atoms with van der Waals surface area (Å²) < 4.78 is 0. The van der Waals surface area contributed by atoms with Gasteiger partial charge in [-0.05, 0) is 0 Å². The van der Waals surface area contributed by atoms with E-state index >= 15 is 0 Å². The number of carboxylic acids is 1. The van der Waals surface area contributed by atoms with E-state index < -0.39 is 24.5 Å². The van der Waals surface area contributed by atoms with Crippen LogP contribution < -0.4 is 0 Å². The quantitative estimate of drug-likeness (QED) is 0.277. The SMILES string of the molecule is O=C(O)C(O)(O)C(O)CO. The summed E-state index contributed by atoms with van der Waals surface area (Å²) in [5, 5.41) is 41.3. The fourth-order valence-electron chi connectivity index (χ4n) is 0.270. The van der Waals surface area contributed by atoms with Gasteiger partial charge in [0.2, 0.25) is 0 Å². The van der Waals surface area contributed by atoms with Gasteiger partial charge in [0.25, 0.3) is 5.79 Å². The van der Waals surface area contributed by atoms with E-state index in [0.29, 0.717) is 0 Å². The molecule has 0 heterocycles. The van der Waals surface area contributed by atoms with E-state index in [9.17, 15) is 4.79 Å². The molecular weight excluding hydrogens is 144 g/mol. The summed E-state index contributed by atoms with van der Waals surface area (Å²) in [7, 11) is 0. The van der Waals surface area contributed by atoms with E-state index in [0.717, 1.165) is 0 Å². The zero-order chi connectivity index (χ0) is 8.36. The van der Waals surface area contributed by atoms with Crippen LogP contribution in [0.3, 0.4) is 0 Å². The normalized spacial score (nSPS) is 14.8. The van der Waals surface area contributed by atoms with Crippen LogP contribution in [-0.2, 0) is 4.79 Å². The van der Waals surface area contributed by atoms with Crippen LogP contribution in [0.2, 0.25) is 0 Å². The Hall–Kier alpha value is -0.690. The molecule has 0 aliphatic rings. The maximum atomic E-state index is 9.85. The Morgan fingerprint density at radius 1 is 1.50 bits per heavy atom. The highest BCUT2D eigenvalue weighted by Crippen LogP contribution is 2.05. The predicted molar refractivity (Wildman–Crippen MR) is 27.9 cm³/mol. The first-order valence-electron chi connectivity index (χ1n) is 2.40. The molecule has 0 spiro atoms. The molecule has 0 aromatic rings. The van der Waals surface area contributed by atoms with Crippen LogP contribution in [0.5, 0.6) is 0 Å². The van der Waals surface area contributed by atoms with Gasteiger partial charge in [0.15, 0.2) is 0 Å². The van der Waals surface area contributed by atoms with Gasteiger partial charge in [0, 0.05) is 0 Å². The summed E-state index contributed by atoms with van der Waals surface area (Å²) in [5.74, 6) is -5.27. The average Bonchev–Trinajstić information content (AvgIpc) is 1.86. The molecule has 0 saturated carbocycles. The van der Waals surface area contributed by atoms with Gasteiger partial charge in [-0.1, -0.05) is 0 Å². The Morgan fingerprint density at radius 2 is 1.90 bits per heavy atom. The van der Waals surface area contributed by atoms with Crippen molar-refractivity contribution in [2.45, 2.75) is 11.9 Å². The minimum atomic E-state index is -3.27. The van der Waals surface area contributed by atoms with Crippen LogP contribution in [-0.4, -0.2) is 50.0 Å². The number of hydrogen-bond acceptors (Lipinski definition) is 5. The number of carboxylic acid groups (broad SMARTS) is 1. The monoisotopic (exact) mass is 152 g/mol. The largest absolute Gasteiger partial charge is 0.477 e. The van der Waals surface area contributed by atoms with Crippen molar-refractivity contribution in [2.75, 3.05) is 6.61 Å². The topological polar surface area (TPSA) is 118 Å². The van der Waals surface area contributed by atoms with Crippen molar-refractivity contribution in [3.05, 3.63) is 0 Å². The number of aliphatic carboxylic acids is 1. The Balaban J connectivity index is 4.23. The number of aliphatic hydroxyl groups is 4. The van der Waals surface area contributed by atoms with Crippen molar-refractivity contribution in [1.82, 2.24) is 0 Å². The summed E-state index contributed by atoms with van der Waals surface area (Å²) in [6.07, 6.45) is -2.09. The average molecular weight is 152 g/mol. The van der Waals surface area contributed by atoms with Gasteiger partial charge in [0.05, 0.1) is 6.61 Å². The molecule has 0 aliphatic carbocycles. The van der Waals surface area contributed by atoms with Crippen molar-refractivity contribution in [1.29, 1.82) is 0 Å². The van der Waals surface area contributed by atoms with Gasteiger partial charge in [-0.15, -0.1) is 0 Å². The molecular formula is C4H8O6. The van der Waals surface area contributed by atoms with E-state index in [2.05, 4.69) is 0 Å². The summed E-state index contributed by atoms with van der Waals surface area (Å²) in [5.41, 5.74) is 0. The second-order valence-electron chi connectivity index (χ2n) is 1.73. The Kier molecular flexibility index (Phi) is 2.73. The van der Waals surface area contributed by atoms with Crippen molar-refractivity contribution in [2.24, 2.45) is 0 Å². The fourth-order valence-corrected chi connectivity index (χ4v) is 0.270. The number of hydrogen-bond donors (Lipinski definition) is 5. The number of rotatable bonds is 3. The highest BCUT2D eigenvalue weighted by molar-refractivity contribution is 5.75. The van der Waals surface area contributed by atoms with Gasteiger partial charge in [-0.2, -0.15) is 0 Å². The maximum Gasteiger partial charge on any atom is 0.367 e. The van der Waals surface area contributed by atoms with E-state index in [1.165, 1.54) is 0 Å². The molecule has 5 N–H and O–H groups in total. The van der Waals surface area contributed by atoms with Crippen LogP contribution in [0.1, 0.15) is 0 Å². The molecule has 0 amide bonds. The van der Waals surface area contributed by atoms with Crippen LogP contribution in [0.15, 0.2) is 0 Å². The van der Waals surface area contributed by atoms with Crippen LogP contribution in [0.25, 0.3) is 0 Å². The number of aliphatic hydroxyl groups excluding tert-OH is 2. The number of carbonyl (C=O) groups is 1. The van der Waals surface area contributed by atoms with Gasteiger partial charge in [0.1, 0.15) is 6.10 Å². The molecule has 1 unspecified atom stereocenters. The molecule has 0 aliphatic heterocycles. The van der Waals surface area contributed by atoms with E-state index in [-0.39, 0.29) is 0 Å². The molecule has 60 valence electrons. The molecule has 0 aromatic carbocycles. The third-order valence-electron chi connectivity index (χ3n) is 0.952. The molecule has 10 heavy (non-hydrogen) atoms. The van der Waals surface area contributed by atoms with Gasteiger partial charge in [-0.3, -0.25) is 0 Å². The fraction of sp³-hybridized carbons (Fsp3) is 0.750. The van der Waals surface area contributed by atoms with Gasteiger partial charge in [-0.25, -0.2) is 4.79 Å². The Morgan fingerprint density at radius 3 is 2.00 bits per heavy atom. The lowest BCUT2D eigenvalue weighted by Crippen LogP contribution is -2.51. The predicted octanol–water partition coefficient (Wildman–Crippen LogP) is -2.89. The van der Waals surface area contributed by atoms with E-state index in [4.69, 9.17) is 25.5 Å². The first kappa shape index (κ1) is 9.31. The molecule has 0 radical (unpaired) electrons. The van der Waals surface area contributed by atoms with Crippen LogP contribution in [0, 0.1) is 0 Å². The van der Waals surface area contributed by atoms with Crippen LogP contribution >= 0.6 is 0 Å². The first-order valence-corrected chi connectivity index (χ1v) is 2.40. The Labute approximate surface area is 56.0 Å². The molecule has 0 rings (SSSR count). The maximum absolute atomic E-state index is 9.85. The summed E-state index contributed by atoms with van der Waals surface area (Å²) in [6, 6.07) is 0. The molecule has 6 nitrogen and oxygen atoms in total. The second kappa shape index (κ2) is 2.93. The second-order valence-corrected chi connectivity index (χ2v) is 1.73. The standard InChI is InChI=1S/C4H8O6/c5-1-2(6)4(9,10)3(7)8/h2,5-6,9-10H,1H2,(H,7,8). The zero-order valence-corrected chi connectivity index (χ0v) is 4.93. The molecule has 1 atom stereocenters. The van der Waals surface area contributed by atoms with Crippen LogP contribution in [0.4, 0.5) is 0 Å². The zero-order valence-electron chi connectivity index (χ0n) is 4.93. The van der Waals surface area contributed by atoms with Crippen molar-refractivity contribution in [3.8, 4) is 0 Å². The summed E-state index contributed by atoms with van der Waals surface area (Å²) in [4.78, 5) is 9.85. The first-order chi connectivity index (χ1) is 4.42. The minimum absolute atomic E-state index is 1.03. The Bertz CT molecular complexity index is 130. The minimum Gasteiger partial charge on any atom is -0.477 e. The molecule has 6 heteroatoms. The van der Waals surface area contributed by atoms with Gasteiger partial charge < -0.3 is 25.5 Å². The lowest BCUT2D eigenvalue weighted by Gasteiger charge is -2.20. The molecule has 0 saturated heterocycles. The van der Waals surface area contributed by atoms with Crippen molar-refractivity contribution >= 4 is 5.97 Å². The van der Waals surface area contributed by atoms with Crippen molar-refractivity contribution in [3.63, 3.8) is 0 Å². The van der Waals surface area contributed by atoms with E-state index in [1.54, 1.807) is 0 Å².